The Morgan fingerprint density at radius 2 is 1.89 bits per heavy atom. The summed E-state index contributed by atoms with van der Waals surface area (Å²) in [5.41, 5.74) is 6.72. The third-order valence-electron chi connectivity index (χ3n) is 3.62. The van der Waals surface area contributed by atoms with Crippen molar-refractivity contribution in [3.05, 3.63) is 35.4 Å². The van der Waals surface area contributed by atoms with Gasteiger partial charge in [-0.2, -0.15) is 0 Å². The first kappa shape index (κ1) is 13.5. The van der Waals surface area contributed by atoms with Crippen LogP contribution < -0.4 is 11.1 Å². The molecule has 5 heteroatoms. The topological polar surface area (TPSA) is 92.4 Å². The highest BCUT2D eigenvalue weighted by molar-refractivity contribution is 5.82. The van der Waals surface area contributed by atoms with Crippen LogP contribution >= 0.6 is 0 Å². The van der Waals surface area contributed by atoms with Gasteiger partial charge in [-0.25, -0.2) is 0 Å². The molecular weight excluding hydrogens is 244 g/mol. The number of hydrogen-bond acceptors (Lipinski definition) is 3. The number of nitrogens with one attached hydrogen (secondary N) is 1. The van der Waals surface area contributed by atoms with Gasteiger partial charge in [-0.15, -0.1) is 0 Å². The number of carbonyl (C=O) groups is 2. The molecule has 0 aliphatic heterocycles. The largest absolute Gasteiger partial charge is 0.481 e. The van der Waals surface area contributed by atoms with Gasteiger partial charge < -0.3 is 16.2 Å². The lowest BCUT2D eigenvalue weighted by Gasteiger charge is -2.12. The molecule has 1 aliphatic carbocycles. The van der Waals surface area contributed by atoms with E-state index in [0.717, 1.165) is 11.1 Å². The number of nitrogens with two attached hydrogens (primary N) is 1. The summed E-state index contributed by atoms with van der Waals surface area (Å²) in [6.45, 7) is 0.606. The number of aliphatic carboxylic acids is 1. The maximum atomic E-state index is 11.8. The summed E-state index contributed by atoms with van der Waals surface area (Å²) in [7, 11) is 0. The first-order chi connectivity index (χ1) is 9.07. The van der Waals surface area contributed by atoms with Gasteiger partial charge in [0.1, 0.15) is 0 Å². The zero-order chi connectivity index (χ0) is 13.9. The van der Waals surface area contributed by atoms with Crippen LogP contribution in [0.1, 0.15) is 24.0 Å². The van der Waals surface area contributed by atoms with E-state index in [1.807, 2.05) is 24.3 Å². The Balaban J connectivity index is 1.89. The van der Waals surface area contributed by atoms with E-state index in [-0.39, 0.29) is 18.9 Å². The second-order valence-corrected chi connectivity index (χ2v) is 5.01. The summed E-state index contributed by atoms with van der Waals surface area (Å²) in [6.07, 6.45) is 1.52. The number of hydrogen-bond donors (Lipinski definition) is 3. The SMILES string of the molecule is NCc1ccccc1CC(=O)NCC1(C(=O)O)CC1. The van der Waals surface area contributed by atoms with Gasteiger partial charge in [0.15, 0.2) is 0 Å². The van der Waals surface area contributed by atoms with Crippen LogP contribution in [0.4, 0.5) is 0 Å². The monoisotopic (exact) mass is 262 g/mol. The van der Waals surface area contributed by atoms with E-state index < -0.39 is 11.4 Å². The minimum Gasteiger partial charge on any atom is -0.481 e. The molecule has 1 fully saturated rings. The molecule has 1 saturated carbocycles. The van der Waals surface area contributed by atoms with E-state index in [2.05, 4.69) is 5.32 Å². The second kappa shape index (κ2) is 5.40. The Labute approximate surface area is 111 Å². The predicted octanol–water partition coefficient (Wildman–Crippen LogP) is 0.669. The maximum absolute atomic E-state index is 11.8. The van der Waals surface area contributed by atoms with Gasteiger partial charge in [0.25, 0.3) is 0 Å². The fourth-order valence-corrected chi connectivity index (χ4v) is 2.05. The normalized spacial score (nSPS) is 15.8. The average Bonchev–Trinajstić information content (AvgIpc) is 3.18. The zero-order valence-electron chi connectivity index (χ0n) is 10.7. The molecule has 0 radical (unpaired) electrons. The van der Waals surface area contributed by atoms with Crippen molar-refractivity contribution in [1.82, 2.24) is 5.32 Å². The molecule has 0 saturated heterocycles. The molecule has 0 bridgehead atoms. The van der Waals surface area contributed by atoms with Crippen molar-refractivity contribution in [2.75, 3.05) is 6.54 Å². The average molecular weight is 262 g/mol. The molecule has 1 amide bonds. The Morgan fingerprint density at radius 1 is 1.26 bits per heavy atom. The lowest BCUT2D eigenvalue weighted by molar-refractivity contribution is -0.143. The highest BCUT2D eigenvalue weighted by Crippen LogP contribution is 2.45. The molecule has 0 aromatic heterocycles. The van der Waals surface area contributed by atoms with Crippen molar-refractivity contribution in [3.8, 4) is 0 Å². The van der Waals surface area contributed by atoms with Gasteiger partial charge in [0, 0.05) is 13.1 Å². The number of carboxylic acids is 1. The van der Waals surface area contributed by atoms with Gasteiger partial charge in [0.2, 0.25) is 5.91 Å². The summed E-state index contributed by atoms with van der Waals surface area (Å²) >= 11 is 0. The molecule has 0 unspecified atom stereocenters. The van der Waals surface area contributed by atoms with Crippen LogP contribution in [0.25, 0.3) is 0 Å². The summed E-state index contributed by atoms with van der Waals surface area (Å²) < 4.78 is 0. The van der Waals surface area contributed by atoms with Gasteiger partial charge in [0.05, 0.1) is 11.8 Å². The maximum Gasteiger partial charge on any atom is 0.311 e. The lowest BCUT2D eigenvalue weighted by atomic mass is 10.0. The minimum atomic E-state index is -0.824. The van der Waals surface area contributed by atoms with Crippen LogP contribution in [0, 0.1) is 5.41 Å². The Morgan fingerprint density at radius 3 is 2.42 bits per heavy atom. The van der Waals surface area contributed by atoms with E-state index in [1.54, 1.807) is 0 Å². The Bertz CT molecular complexity index is 495. The van der Waals surface area contributed by atoms with Crippen LogP contribution in [0.3, 0.4) is 0 Å². The van der Waals surface area contributed by atoms with Crippen LogP contribution in [-0.2, 0) is 22.6 Å². The molecule has 5 nitrogen and oxygen atoms in total. The van der Waals surface area contributed by atoms with E-state index >= 15 is 0 Å². The van der Waals surface area contributed by atoms with Crippen molar-refractivity contribution in [2.24, 2.45) is 11.1 Å². The highest BCUT2D eigenvalue weighted by Gasteiger charge is 2.50. The van der Waals surface area contributed by atoms with E-state index in [1.165, 1.54) is 0 Å². The van der Waals surface area contributed by atoms with Crippen molar-refractivity contribution >= 4 is 11.9 Å². The van der Waals surface area contributed by atoms with Crippen molar-refractivity contribution in [3.63, 3.8) is 0 Å². The summed E-state index contributed by atoms with van der Waals surface area (Å²) in [4.78, 5) is 22.8. The molecule has 0 atom stereocenters. The minimum absolute atomic E-state index is 0.159. The van der Waals surface area contributed by atoms with Gasteiger partial charge in [-0.3, -0.25) is 9.59 Å². The quantitative estimate of drug-likeness (QED) is 0.702. The first-order valence-electron chi connectivity index (χ1n) is 6.34. The molecule has 1 aromatic carbocycles. The zero-order valence-corrected chi connectivity index (χ0v) is 10.7. The van der Waals surface area contributed by atoms with Crippen LogP contribution in [0.15, 0.2) is 24.3 Å². The van der Waals surface area contributed by atoms with Gasteiger partial charge >= 0.3 is 5.97 Å². The first-order valence-corrected chi connectivity index (χ1v) is 6.34. The van der Waals surface area contributed by atoms with Crippen molar-refractivity contribution in [1.29, 1.82) is 0 Å². The number of carbonyl (C=O) groups excluding carboxylic acids is 1. The summed E-state index contributed by atoms with van der Waals surface area (Å²) in [5, 5.41) is 11.7. The molecule has 1 aliphatic rings. The van der Waals surface area contributed by atoms with E-state index in [9.17, 15) is 9.59 Å². The second-order valence-electron chi connectivity index (χ2n) is 5.01. The molecule has 1 aromatic rings. The fourth-order valence-electron chi connectivity index (χ4n) is 2.05. The predicted molar refractivity (Wildman–Crippen MR) is 70.3 cm³/mol. The third-order valence-corrected chi connectivity index (χ3v) is 3.62. The molecular formula is C14H18N2O3. The molecule has 4 N–H and O–H groups in total. The highest BCUT2D eigenvalue weighted by atomic mass is 16.4. The smallest absolute Gasteiger partial charge is 0.311 e. The molecule has 2 rings (SSSR count). The summed E-state index contributed by atoms with van der Waals surface area (Å²) in [5.74, 6) is -0.983. The van der Waals surface area contributed by atoms with Gasteiger partial charge in [-0.05, 0) is 24.0 Å². The van der Waals surface area contributed by atoms with E-state index in [0.29, 0.717) is 19.4 Å². The van der Waals surface area contributed by atoms with Crippen LogP contribution in [0.2, 0.25) is 0 Å². The van der Waals surface area contributed by atoms with Crippen molar-refractivity contribution < 1.29 is 14.7 Å². The number of rotatable bonds is 6. The molecule has 19 heavy (non-hydrogen) atoms. The van der Waals surface area contributed by atoms with Crippen LogP contribution in [-0.4, -0.2) is 23.5 Å². The summed E-state index contributed by atoms with van der Waals surface area (Å²) in [6, 6.07) is 7.50. The number of carboxylic acid groups (broad SMARTS) is 1. The molecule has 0 heterocycles. The van der Waals surface area contributed by atoms with Crippen molar-refractivity contribution in [2.45, 2.75) is 25.8 Å². The third kappa shape index (κ3) is 3.12. The Hall–Kier alpha value is -1.88. The van der Waals surface area contributed by atoms with Crippen LogP contribution in [0.5, 0.6) is 0 Å². The molecule has 0 spiro atoms. The standard InChI is InChI=1S/C14H18N2O3/c15-8-11-4-2-1-3-10(11)7-12(17)16-9-14(5-6-14)13(18)19/h1-4H,5-9,15H2,(H,16,17)(H,18,19). The van der Waals surface area contributed by atoms with E-state index in [4.69, 9.17) is 10.8 Å². The fraction of sp³-hybridized carbons (Fsp3) is 0.429. The Kier molecular flexibility index (Phi) is 3.85. The molecule has 102 valence electrons. The number of benzene rings is 1. The lowest BCUT2D eigenvalue weighted by Crippen LogP contribution is -2.35. The number of amides is 1. The van der Waals surface area contributed by atoms with Gasteiger partial charge in [-0.1, -0.05) is 24.3 Å².